The SMILES string of the molecule is CC.CCCN(CCC)c1cc(/C=N/Nc2ccc(CC)s2)[nH]c(=O)c1. The number of pyridine rings is 1. The Morgan fingerprint density at radius 3 is 2.42 bits per heavy atom. The van der Waals surface area contributed by atoms with Crippen LogP contribution >= 0.6 is 11.3 Å². The van der Waals surface area contributed by atoms with E-state index in [1.807, 2.05) is 26.0 Å². The summed E-state index contributed by atoms with van der Waals surface area (Å²) >= 11 is 1.69. The number of hydrogen-bond acceptors (Lipinski definition) is 5. The van der Waals surface area contributed by atoms with Crippen molar-refractivity contribution < 1.29 is 0 Å². The number of rotatable bonds is 9. The monoisotopic (exact) mass is 376 g/mol. The molecule has 0 aliphatic carbocycles. The smallest absolute Gasteiger partial charge is 0.250 e. The number of aromatic nitrogens is 1. The van der Waals surface area contributed by atoms with Crippen molar-refractivity contribution in [3.8, 4) is 0 Å². The first-order valence-electron chi connectivity index (χ1n) is 9.53. The standard InChI is InChI=1S/C18H26N4OS.C2H6/c1-4-9-22(10-5-2)15-11-14(20-17(23)12-15)13-19-21-18-8-7-16(6-3)24-18;1-2/h7-8,11-13,21H,4-6,9-10H2,1-3H3,(H,20,23);1-2H3/b19-13+;. The van der Waals surface area contributed by atoms with Gasteiger partial charge in [-0.05, 0) is 37.5 Å². The van der Waals surface area contributed by atoms with E-state index in [0.717, 1.165) is 43.0 Å². The highest BCUT2D eigenvalue weighted by molar-refractivity contribution is 7.16. The molecule has 0 aliphatic rings. The molecule has 0 amide bonds. The first kappa shape index (κ1) is 22.0. The molecule has 144 valence electrons. The van der Waals surface area contributed by atoms with Gasteiger partial charge < -0.3 is 9.88 Å². The summed E-state index contributed by atoms with van der Waals surface area (Å²) in [5.74, 6) is 0. The van der Waals surface area contributed by atoms with Crippen LogP contribution in [0.25, 0.3) is 0 Å². The molecule has 6 heteroatoms. The van der Waals surface area contributed by atoms with Gasteiger partial charge in [0.2, 0.25) is 5.56 Å². The Morgan fingerprint density at radius 2 is 1.85 bits per heavy atom. The molecule has 2 N–H and O–H groups in total. The second kappa shape index (κ2) is 12.3. The third-order valence-electron chi connectivity index (χ3n) is 3.59. The fraction of sp³-hybridized carbons (Fsp3) is 0.500. The minimum Gasteiger partial charge on any atom is -0.371 e. The van der Waals surface area contributed by atoms with Crippen LogP contribution in [0.2, 0.25) is 0 Å². The molecule has 2 aromatic rings. The van der Waals surface area contributed by atoms with Gasteiger partial charge in [0.1, 0.15) is 5.00 Å². The molecule has 0 spiro atoms. The second-order valence-electron chi connectivity index (χ2n) is 5.63. The fourth-order valence-corrected chi connectivity index (χ4v) is 3.30. The summed E-state index contributed by atoms with van der Waals surface area (Å²) < 4.78 is 0. The third-order valence-corrected chi connectivity index (χ3v) is 4.72. The summed E-state index contributed by atoms with van der Waals surface area (Å²) in [6.07, 6.45) is 4.79. The average molecular weight is 377 g/mol. The van der Waals surface area contributed by atoms with Gasteiger partial charge in [-0.1, -0.05) is 34.6 Å². The molecule has 0 bridgehead atoms. The molecule has 0 fully saturated rings. The number of aryl methyl sites for hydroxylation is 1. The van der Waals surface area contributed by atoms with Crippen LogP contribution in [-0.2, 0) is 6.42 Å². The highest BCUT2D eigenvalue weighted by Gasteiger charge is 2.06. The lowest BCUT2D eigenvalue weighted by Gasteiger charge is -2.23. The number of H-pyrrole nitrogens is 1. The number of hydrazone groups is 1. The maximum absolute atomic E-state index is 11.9. The van der Waals surface area contributed by atoms with E-state index in [1.165, 1.54) is 4.88 Å². The molecule has 0 saturated carbocycles. The first-order chi connectivity index (χ1) is 12.7. The molecule has 0 saturated heterocycles. The predicted octanol–water partition coefficient (Wildman–Crippen LogP) is 5.10. The van der Waals surface area contributed by atoms with Gasteiger partial charge in [-0.2, -0.15) is 5.10 Å². The summed E-state index contributed by atoms with van der Waals surface area (Å²) in [5.41, 5.74) is 4.57. The van der Waals surface area contributed by atoms with E-state index in [2.05, 4.69) is 47.2 Å². The van der Waals surface area contributed by atoms with E-state index in [0.29, 0.717) is 5.69 Å². The van der Waals surface area contributed by atoms with Crippen molar-refractivity contribution in [1.82, 2.24) is 4.98 Å². The van der Waals surface area contributed by atoms with Crippen molar-refractivity contribution in [3.63, 3.8) is 0 Å². The molecular formula is C20H32N4OS. The Morgan fingerprint density at radius 1 is 1.15 bits per heavy atom. The number of thiophene rings is 1. The Kier molecular flexibility index (Phi) is 10.4. The van der Waals surface area contributed by atoms with Gasteiger partial charge in [-0.15, -0.1) is 11.3 Å². The van der Waals surface area contributed by atoms with E-state index in [9.17, 15) is 4.79 Å². The molecular weight excluding hydrogens is 344 g/mol. The number of aromatic amines is 1. The van der Waals surface area contributed by atoms with Crippen LogP contribution in [0, 0.1) is 0 Å². The average Bonchev–Trinajstić information content (AvgIpc) is 3.11. The van der Waals surface area contributed by atoms with E-state index >= 15 is 0 Å². The van der Waals surface area contributed by atoms with Crippen molar-refractivity contribution in [2.75, 3.05) is 23.4 Å². The van der Waals surface area contributed by atoms with Gasteiger partial charge in [-0.25, -0.2) is 0 Å². The van der Waals surface area contributed by atoms with Crippen LogP contribution < -0.4 is 15.9 Å². The summed E-state index contributed by atoms with van der Waals surface area (Å²) in [5, 5.41) is 5.24. The van der Waals surface area contributed by atoms with E-state index < -0.39 is 0 Å². The summed E-state index contributed by atoms with van der Waals surface area (Å²) in [6, 6.07) is 7.75. The Balaban J connectivity index is 0.00000163. The van der Waals surface area contributed by atoms with Crippen molar-refractivity contribution in [2.24, 2.45) is 5.10 Å². The van der Waals surface area contributed by atoms with Gasteiger partial charge in [0, 0.05) is 29.7 Å². The molecule has 0 unspecified atom stereocenters. The number of nitrogens with zero attached hydrogens (tertiary/aromatic N) is 2. The molecule has 2 rings (SSSR count). The number of anilines is 2. The maximum Gasteiger partial charge on any atom is 0.250 e. The minimum atomic E-state index is -0.101. The zero-order valence-corrected chi connectivity index (χ0v) is 17.4. The van der Waals surface area contributed by atoms with E-state index in [4.69, 9.17) is 0 Å². The molecule has 2 heterocycles. The molecule has 0 aromatic carbocycles. The van der Waals surface area contributed by atoms with Crippen molar-refractivity contribution >= 4 is 28.2 Å². The highest BCUT2D eigenvalue weighted by atomic mass is 32.1. The highest BCUT2D eigenvalue weighted by Crippen LogP contribution is 2.22. The topological polar surface area (TPSA) is 60.5 Å². The summed E-state index contributed by atoms with van der Waals surface area (Å²) in [6.45, 7) is 12.3. The largest absolute Gasteiger partial charge is 0.371 e. The summed E-state index contributed by atoms with van der Waals surface area (Å²) in [7, 11) is 0. The normalized spacial score (nSPS) is 10.5. The number of nitrogens with one attached hydrogen (secondary N) is 2. The minimum absolute atomic E-state index is 0.101. The first-order valence-corrected chi connectivity index (χ1v) is 10.3. The molecule has 0 aliphatic heterocycles. The van der Waals surface area contributed by atoms with Gasteiger partial charge >= 0.3 is 0 Å². The third kappa shape index (κ3) is 7.04. The maximum atomic E-state index is 11.9. The Hall–Kier alpha value is -2.08. The summed E-state index contributed by atoms with van der Waals surface area (Å²) in [4.78, 5) is 18.3. The van der Waals surface area contributed by atoms with Crippen LogP contribution in [0.3, 0.4) is 0 Å². The fourth-order valence-electron chi connectivity index (χ4n) is 2.51. The lowest BCUT2D eigenvalue weighted by molar-refractivity contribution is 0.743. The van der Waals surface area contributed by atoms with E-state index in [1.54, 1.807) is 23.6 Å². The van der Waals surface area contributed by atoms with Gasteiger partial charge in [-0.3, -0.25) is 10.2 Å². The molecule has 0 atom stereocenters. The lowest BCUT2D eigenvalue weighted by atomic mass is 10.2. The molecule has 26 heavy (non-hydrogen) atoms. The predicted molar refractivity (Wildman–Crippen MR) is 116 cm³/mol. The van der Waals surface area contributed by atoms with Crippen LogP contribution in [0.4, 0.5) is 10.7 Å². The van der Waals surface area contributed by atoms with Crippen molar-refractivity contribution in [3.05, 3.63) is 45.2 Å². The van der Waals surface area contributed by atoms with Crippen LogP contribution in [0.15, 0.2) is 34.2 Å². The zero-order valence-electron chi connectivity index (χ0n) is 16.6. The molecule has 2 aromatic heterocycles. The van der Waals surface area contributed by atoms with Gasteiger partial charge in [0.25, 0.3) is 0 Å². The zero-order chi connectivity index (χ0) is 19.4. The Bertz CT molecular complexity index is 715. The Labute approximate surface area is 161 Å². The van der Waals surface area contributed by atoms with Crippen LogP contribution in [0.1, 0.15) is 58.0 Å². The van der Waals surface area contributed by atoms with Crippen LogP contribution in [0.5, 0.6) is 0 Å². The molecule has 5 nitrogen and oxygen atoms in total. The van der Waals surface area contributed by atoms with Crippen molar-refractivity contribution in [2.45, 2.75) is 53.9 Å². The van der Waals surface area contributed by atoms with Gasteiger partial charge in [0.15, 0.2) is 0 Å². The van der Waals surface area contributed by atoms with Crippen molar-refractivity contribution in [1.29, 1.82) is 0 Å². The second-order valence-corrected chi connectivity index (χ2v) is 6.80. The quantitative estimate of drug-likeness (QED) is 0.473. The molecule has 0 radical (unpaired) electrons. The van der Waals surface area contributed by atoms with Gasteiger partial charge in [0.05, 0.1) is 11.9 Å². The number of hydrogen-bond donors (Lipinski definition) is 2. The lowest BCUT2D eigenvalue weighted by Crippen LogP contribution is -2.26. The van der Waals surface area contributed by atoms with E-state index in [-0.39, 0.29) is 5.56 Å². The van der Waals surface area contributed by atoms with Crippen LogP contribution in [-0.4, -0.2) is 24.3 Å².